The lowest BCUT2D eigenvalue weighted by Crippen LogP contribution is -2.06. The number of rotatable bonds is 6. The molecule has 13 rings (SSSR count). The van der Waals surface area contributed by atoms with E-state index in [0.717, 1.165) is 49.8 Å². The van der Waals surface area contributed by atoms with Crippen LogP contribution < -0.4 is 0 Å². The molecule has 9 aromatic carbocycles. The Morgan fingerprint density at radius 3 is 1.81 bits per heavy atom. The Hall–Kier alpha value is -8.06. The van der Waals surface area contributed by atoms with Crippen LogP contribution in [-0.2, 0) is 0 Å². The Bertz CT molecular complexity index is 3750. The third-order valence-electron chi connectivity index (χ3n) is 12.4. The highest BCUT2D eigenvalue weighted by Crippen LogP contribution is 2.50. The van der Waals surface area contributed by atoms with Crippen molar-refractivity contribution < 1.29 is 0 Å². The molecule has 6 heteroatoms. The Labute approximate surface area is 367 Å². The summed E-state index contributed by atoms with van der Waals surface area (Å²) in [5.41, 5.74) is 13.3. The molecule has 1 aliphatic heterocycles. The molecule has 294 valence electrons. The van der Waals surface area contributed by atoms with Crippen molar-refractivity contribution in [3.05, 3.63) is 212 Å². The van der Waals surface area contributed by atoms with Crippen molar-refractivity contribution in [2.24, 2.45) is 0 Å². The molecule has 0 amide bonds. The van der Waals surface area contributed by atoms with Gasteiger partial charge in [-0.15, -0.1) is 0 Å². The van der Waals surface area contributed by atoms with Crippen LogP contribution in [0.4, 0.5) is 0 Å². The quantitative estimate of drug-likeness (QED) is 0.168. The van der Waals surface area contributed by atoms with Gasteiger partial charge in [-0.2, -0.15) is 0 Å². The summed E-state index contributed by atoms with van der Waals surface area (Å²) in [4.78, 5) is 18.1. The summed E-state index contributed by atoms with van der Waals surface area (Å²) in [6.45, 7) is 0. The van der Waals surface area contributed by atoms with E-state index in [2.05, 4.69) is 215 Å². The van der Waals surface area contributed by atoms with Gasteiger partial charge < -0.3 is 0 Å². The number of aromatic nitrogens is 5. The van der Waals surface area contributed by atoms with E-state index < -0.39 is 0 Å². The van der Waals surface area contributed by atoms with Crippen LogP contribution >= 0.6 is 11.8 Å². The molecule has 0 bridgehead atoms. The van der Waals surface area contributed by atoms with Crippen molar-refractivity contribution >= 4 is 55.4 Å². The molecule has 4 heterocycles. The van der Waals surface area contributed by atoms with Crippen molar-refractivity contribution in [1.29, 1.82) is 0 Å². The zero-order valence-corrected chi connectivity index (χ0v) is 34.7. The van der Waals surface area contributed by atoms with Gasteiger partial charge in [0, 0.05) is 48.3 Å². The van der Waals surface area contributed by atoms with E-state index in [-0.39, 0.29) is 0 Å². The van der Waals surface area contributed by atoms with Crippen molar-refractivity contribution in [2.45, 2.75) is 9.79 Å². The number of nitrogens with zero attached hydrogens (tertiary/aromatic N) is 5. The van der Waals surface area contributed by atoms with Gasteiger partial charge in [0.25, 0.3) is 0 Å². The van der Waals surface area contributed by atoms with Crippen LogP contribution in [0, 0.1) is 0 Å². The largest absolute Gasteiger partial charge is 0.295 e. The Morgan fingerprint density at radius 1 is 0.365 bits per heavy atom. The zero-order chi connectivity index (χ0) is 41.4. The first-order chi connectivity index (χ1) is 31.2. The topological polar surface area (TPSA) is 48.5 Å². The second kappa shape index (κ2) is 14.3. The lowest BCUT2D eigenvalue weighted by atomic mass is 10.0. The molecule has 5 nitrogen and oxygen atoms in total. The molecule has 0 spiro atoms. The number of hydrogen-bond donors (Lipinski definition) is 0. The van der Waals surface area contributed by atoms with E-state index in [1.54, 1.807) is 0 Å². The number of para-hydroxylation sites is 3. The van der Waals surface area contributed by atoms with Crippen LogP contribution in [0.3, 0.4) is 0 Å². The lowest BCUT2D eigenvalue weighted by Gasteiger charge is -2.22. The van der Waals surface area contributed by atoms with Gasteiger partial charge in [0.2, 0.25) is 0 Å². The second-order valence-corrected chi connectivity index (χ2v) is 17.1. The van der Waals surface area contributed by atoms with Crippen LogP contribution in [-0.4, -0.2) is 24.1 Å². The predicted molar refractivity (Wildman–Crippen MR) is 260 cm³/mol. The fraction of sp³-hybridized carbons (Fsp3) is 0. The summed E-state index contributed by atoms with van der Waals surface area (Å²) >= 11 is 1.85. The normalized spacial score (nSPS) is 12.1. The van der Waals surface area contributed by atoms with E-state index in [4.69, 9.17) is 15.0 Å². The van der Waals surface area contributed by atoms with Crippen LogP contribution in [0.15, 0.2) is 222 Å². The molecular formula is C57H35N5S. The highest BCUT2D eigenvalue weighted by molar-refractivity contribution is 7.99. The first kappa shape index (κ1) is 35.7. The maximum Gasteiger partial charge on any atom is 0.164 e. The molecule has 0 aliphatic carbocycles. The van der Waals surface area contributed by atoms with Crippen molar-refractivity contribution in [1.82, 2.24) is 24.1 Å². The van der Waals surface area contributed by atoms with Crippen molar-refractivity contribution in [3.63, 3.8) is 0 Å². The van der Waals surface area contributed by atoms with Crippen LogP contribution in [0.5, 0.6) is 0 Å². The summed E-state index contributed by atoms with van der Waals surface area (Å²) in [7, 11) is 0. The highest BCUT2D eigenvalue weighted by Gasteiger charge is 2.28. The van der Waals surface area contributed by atoms with E-state index in [9.17, 15) is 0 Å². The Morgan fingerprint density at radius 2 is 0.952 bits per heavy atom. The molecule has 0 N–H and O–H groups in total. The summed E-state index contributed by atoms with van der Waals surface area (Å²) in [5.74, 6) is 1.90. The van der Waals surface area contributed by atoms with Crippen LogP contribution in [0.1, 0.15) is 0 Å². The second-order valence-electron chi connectivity index (χ2n) is 16.0. The number of hydrogen-bond acceptors (Lipinski definition) is 4. The third-order valence-corrected chi connectivity index (χ3v) is 13.5. The molecule has 0 radical (unpaired) electrons. The van der Waals surface area contributed by atoms with Crippen molar-refractivity contribution in [3.8, 4) is 67.8 Å². The number of fused-ring (bicyclic) bond motifs is 8. The van der Waals surface area contributed by atoms with Gasteiger partial charge in [0.1, 0.15) is 5.65 Å². The molecule has 0 unspecified atom stereocenters. The van der Waals surface area contributed by atoms with E-state index in [0.29, 0.717) is 17.5 Å². The van der Waals surface area contributed by atoms with Gasteiger partial charge in [0.15, 0.2) is 17.5 Å². The molecule has 0 atom stereocenters. The zero-order valence-electron chi connectivity index (χ0n) is 33.9. The van der Waals surface area contributed by atoms with Gasteiger partial charge in [-0.3, -0.25) is 9.13 Å². The van der Waals surface area contributed by atoms with Crippen molar-refractivity contribution in [2.75, 3.05) is 0 Å². The summed E-state index contributed by atoms with van der Waals surface area (Å²) in [6, 6.07) is 75.5. The predicted octanol–water partition coefficient (Wildman–Crippen LogP) is 14.9. The molecule has 0 fully saturated rings. The lowest BCUT2D eigenvalue weighted by molar-refractivity contribution is 1.03. The molecule has 63 heavy (non-hydrogen) atoms. The SMILES string of the molecule is c1ccc(-c2ccc(-c3nc(-c4cccc(-c5ccc6c(c5)-n5c7c(cccc7c7c8ccccc8n(-c8ccccc8)c75)S6)c4)nc(-c4cccc5ccccc45)n3)cc2)cc1. The van der Waals surface area contributed by atoms with Crippen LogP contribution in [0.25, 0.3) is 111 Å². The summed E-state index contributed by atoms with van der Waals surface area (Å²) in [6.07, 6.45) is 0. The average molecular weight is 822 g/mol. The minimum absolute atomic E-state index is 0.626. The first-order valence-electron chi connectivity index (χ1n) is 21.2. The summed E-state index contributed by atoms with van der Waals surface area (Å²) in [5, 5.41) is 6.03. The van der Waals surface area contributed by atoms with Gasteiger partial charge in [-0.25, -0.2) is 15.0 Å². The Kier molecular flexibility index (Phi) is 8.08. The average Bonchev–Trinajstić information content (AvgIpc) is 3.88. The Balaban J connectivity index is 0.975. The molecule has 0 saturated carbocycles. The minimum Gasteiger partial charge on any atom is -0.295 e. The van der Waals surface area contributed by atoms with Gasteiger partial charge in [0.05, 0.1) is 16.7 Å². The van der Waals surface area contributed by atoms with Crippen LogP contribution in [0.2, 0.25) is 0 Å². The first-order valence-corrected chi connectivity index (χ1v) is 22.0. The standard InChI is InChI=1S/C57H35N5S/c1-3-14-36(15-4-1)37-28-30-39(31-29-37)54-58-55(60-56(59-54)45-24-12-17-38-16-7-8-22-44(38)45)42-19-11-18-40(34-42)41-32-33-50-49(35-41)62-53-47(25-13-27-51(53)63-50)52-46-23-9-10-26-48(46)61(57(52)62)43-20-5-2-6-21-43/h1-35H. The smallest absolute Gasteiger partial charge is 0.164 e. The van der Waals surface area contributed by atoms with Gasteiger partial charge in [-0.05, 0) is 75.5 Å². The highest BCUT2D eigenvalue weighted by atomic mass is 32.2. The molecule has 12 aromatic rings. The summed E-state index contributed by atoms with van der Waals surface area (Å²) < 4.78 is 4.94. The monoisotopic (exact) mass is 821 g/mol. The molecular weight excluding hydrogens is 787 g/mol. The molecule has 3 aromatic heterocycles. The fourth-order valence-corrected chi connectivity index (χ4v) is 10.5. The number of benzene rings is 9. The maximum atomic E-state index is 5.22. The minimum atomic E-state index is 0.626. The van der Waals surface area contributed by atoms with E-state index >= 15 is 0 Å². The maximum absolute atomic E-state index is 5.22. The fourth-order valence-electron chi connectivity index (χ4n) is 9.45. The third kappa shape index (κ3) is 5.76. The van der Waals surface area contributed by atoms with Gasteiger partial charge in [-0.1, -0.05) is 182 Å². The van der Waals surface area contributed by atoms with E-state index in [1.807, 2.05) is 17.8 Å². The van der Waals surface area contributed by atoms with E-state index in [1.165, 1.54) is 53.9 Å². The van der Waals surface area contributed by atoms with Gasteiger partial charge >= 0.3 is 0 Å². The molecule has 1 aliphatic rings. The molecule has 0 saturated heterocycles.